The highest BCUT2D eigenvalue weighted by molar-refractivity contribution is 6.07. The summed E-state index contributed by atoms with van der Waals surface area (Å²) in [5.74, 6) is 0.103. The molecule has 8 heteroatoms. The Morgan fingerprint density at radius 3 is 2.32 bits per heavy atom. The van der Waals surface area contributed by atoms with Gasteiger partial charge in [-0.15, -0.1) is 0 Å². The fraction of sp³-hybridized carbons (Fsp3) is 0.167. The number of hydrogen-bond acceptors (Lipinski definition) is 6. The van der Waals surface area contributed by atoms with E-state index >= 15 is 0 Å². The van der Waals surface area contributed by atoms with E-state index in [1.54, 1.807) is 43.4 Å². The van der Waals surface area contributed by atoms with Gasteiger partial charge in [-0.3, -0.25) is 4.79 Å². The molecule has 0 radical (unpaired) electrons. The maximum atomic E-state index is 13.2. The number of esters is 1. The molecule has 8 nitrogen and oxygen atoms in total. The predicted octanol–water partition coefficient (Wildman–Crippen LogP) is 5.50. The fourth-order valence-corrected chi connectivity index (χ4v) is 4.09. The second kappa shape index (κ2) is 11.4. The molecule has 0 atom stereocenters. The molecule has 0 fully saturated rings. The summed E-state index contributed by atoms with van der Waals surface area (Å²) in [6, 6.07) is 23.8. The van der Waals surface area contributed by atoms with Crippen molar-refractivity contribution in [3.05, 3.63) is 101 Å². The quantitative estimate of drug-likeness (QED) is 0.315. The van der Waals surface area contributed by atoms with Crippen LogP contribution in [-0.4, -0.2) is 30.7 Å². The highest BCUT2D eigenvalue weighted by Gasteiger charge is 2.23. The third-order valence-electron chi connectivity index (χ3n) is 6.28. The van der Waals surface area contributed by atoms with Crippen LogP contribution >= 0.6 is 0 Å². The predicted molar refractivity (Wildman–Crippen MR) is 143 cm³/mol. The molecule has 0 bridgehead atoms. The highest BCUT2D eigenvalue weighted by atomic mass is 16.5. The van der Waals surface area contributed by atoms with Crippen LogP contribution in [0.1, 0.15) is 37.5 Å². The molecule has 1 amide bonds. The lowest BCUT2D eigenvalue weighted by Gasteiger charge is -2.13. The zero-order valence-corrected chi connectivity index (χ0v) is 21.6. The molecule has 0 aliphatic carbocycles. The summed E-state index contributed by atoms with van der Waals surface area (Å²) in [7, 11) is 4.52. The van der Waals surface area contributed by atoms with Gasteiger partial charge in [0.15, 0.2) is 0 Å². The first kappa shape index (κ1) is 26.0. The van der Waals surface area contributed by atoms with Crippen molar-refractivity contribution < 1.29 is 23.8 Å². The molecule has 0 saturated carbocycles. The Labute approximate surface area is 221 Å². The summed E-state index contributed by atoms with van der Waals surface area (Å²) in [5.41, 5.74) is 4.29. The van der Waals surface area contributed by atoms with Gasteiger partial charge in [-0.2, -0.15) is 5.26 Å². The van der Waals surface area contributed by atoms with Crippen molar-refractivity contribution in [2.45, 2.75) is 13.5 Å². The van der Waals surface area contributed by atoms with E-state index in [0.717, 1.165) is 5.56 Å². The minimum absolute atomic E-state index is 0.198. The van der Waals surface area contributed by atoms with Gasteiger partial charge in [0.05, 0.1) is 30.9 Å². The van der Waals surface area contributed by atoms with Gasteiger partial charge in [0, 0.05) is 29.7 Å². The lowest BCUT2D eigenvalue weighted by atomic mass is 10.00. The Bertz CT molecular complexity index is 1520. The van der Waals surface area contributed by atoms with E-state index in [4.69, 9.17) is 14.2 Å². The minimum Gasteiger partial charge on any atom is -0.495 e. The Kier molecular flexibility index (Phi) is 7.78. The second-order valence-corrected chi connectivity index (χ2v) is 8.54. The number of nitrogens with zero attached hydrogens (tertiary/aromatic N) is 2. The number of carbonyl (C=O) groups excluding carboxylic acids is 2. The maximum absolute atomic E-state index is 13.2. The molecule has 4 aromatic rings. The number of nitrogens with one attached hydrogen (secondary N) is 1. The van der Waals surface area contributed by atoms with Gasteiger partial charge < -0.3 is 24.1 Å². The number of aromatic nitrogens is 1. The highest BCUT2D eigenvalue weighted by Crippen LogP contribution is 2.34. The van der Waals surface area contributed by atoms with Crippen LogP contribution in [0.5, 0.6) is 11.5 Å². The number of benzene rings is 3. The summed E-state index contributed by atoms with van der Waals surface area (Å²) in [6.45, 7) is 2.27. The van der Waals surface area contributed by atoms with Gasteiger partial charge in [-0.25, -0.2) is 4.79 Å². The van der Waals surface area contributed by atoms with E-state index in [0.29, 0.717) is 46.3 Å². The molecule has 0 aliphatic rings. The van der Waals surface area contributed by atoms with Crippen LogP contribution in [0.15, 0.2) is 72.8 Å². The molecule has 1 heterocycles. The second-order valence-electron chi connectivity index (χ2n) is 8.54. The Morgan fingerprint density at radius 1 is 0.974 bits per heavy atom. The van der Waals surface area contributed by atoms with Crippen molar-refractivity contribution >= 4 is 17.6 Å². The van der Waals surface area contributed by atoms with E-state index in [1.807, 2.05) is 47.9 Å². The number of ether oxygens (including phenoxy) is 3. The molecule has 3 aromatic carbocycles. The fourth-order valence-electron chi connectivity index (χ4n) is 4.09. The first-order valence-electron chi connectivity index (χ1n) is 11.8. The molecule has 0 spiro atoms. The van der Waals surface area contributed by atoms with Gasteiger partial charge in [-0.1, -0.05) is 30.3 Å². The smallest absolute Gasteiger partial charge is 0.338 e. The number of nitriles is 1. The minimum atomic E-state index is -0.599. The lowest BCUT2D eigenvalue weighted by molar-refractivity contribution is 0.0601. The largest absolute Gasteiger partial charge is 0.495 e. The van der Waals surface area contributed by atoms with Crippen LogP contribution in [-0.2, 0) is 18.4 Å². The van der Waals surface area contributed by atoms with Crippen LogP contribution in [0.4, 0.5) is 5.69 Å². The summed E-state index contributed by atoms with van der Waals surface area (Å²) >= 11 is 0. The van der Waals surface area contributed by atoms with Crippen LogP contribution in [0.25, 0.3) is 11.3 Å². The van der Waals surface area contributed by atoms with E-state index in [2.05, 4.69) is 5.32 Å². The molecule has 38 heavy (non-hydrogen) atoms. The topological polar surface area (TPSA) is 103 Å². The maximum Gasteiger partial charge on any atom is 0.338 e. The Morgan fingerprint density at radius 2 is 1.68 bits per heavy atom. The molecule has 0 saturated heterocycles. The zero-order valence-electron chi connectivity index (χ0n) is 21.6. The molecule has 192 valence electrons. The molecular formula is C30H27N3O5. The first-order valence-corrected chi connectivity index (χ1v) is 11.8. The number of rotatable bonds is 8. The van der Waals surface area contributed by atoms with Gasteiger partial charge in [-0.05, 0) is 55.0 Å². The third kappa shape index (κ3) is 5.37. The molecule has 1 aromatic heterocycles. The van der Waals surface area contributed by atoms with Crippen molar-refractivity contribution in [2.75, 3.05) is 19.5 Å². The Hall–Kier alpha value is -5.03. The van der Waals surface area contributed by atoms with Crippen molar-refractivity contribution in [1.29, 1.82) is 5.26 Å². The van der Waals surface area contributed by atoms with Gasteiger partial charge in [0.25, 0.3) is 5.91 Å². The number of anilines is 1. The number of methoxy groups -OCH3 is 2. The third-order valence-corrected chi connectivity index (χ3v) is 6.28. The molecule has 1 N–H and O–H groups in total. The summed E-state index contributed by atoms with van der Waals surface area (Å²) in [4.78, 5) is 25.7. The van der Waals surface area contributed by atoms with E-state index in [-0.39, 0.29) is 17.0 Å². The average molecular weight is 510 g/mol. The van der Waals surface area contributed by atoms with E-state index in [1.165, 1.54) is 20.3 Å². The van der Waals surface area contributed by atoms with Gasteiger partial charge in [0.1, 0.15) is 24.2 Å². The standard InChI is InChI=1S/C30H27N3O5/c1-19-24(29(34)32-22-10-12-23(13-11-22)38-18-20-8-6-5-7-9-20)15-27(33(19)2)25-16-28(36-3)21(17-31)14-26(25)30(35)37-4/h5-16H,18H2,1-4H3,(H,32,34). The molecular weight excluding hydrogens is 482 g/mol. The molecule has 4 rings (SSSR count). The van der Waals surface area contributed by atoms with Gasteiger partial charge >= 0.3 is 5.97 Å². The van der Waals surface area contributed by atoms with Crippen molar-refractivity contribution in [2.24, 2.45) is 7.05 Å². The van der Waals surface area contributed by atoms with Crippen LogP contribution in [0, 0.1) is 18.3 Å². The van der Waals surface area contributed by atoms with E-state index in [9.17, 15) is 14.9 Å². The Balaban J connectivity index is 1.58. The number of carbonyl (C=O) groups is 2. The lowest BCUT2D eigenvalue weighted by Crippen LogP contribution is -2.12. The van der Waals surface area contributed by atoms with E-state index < -0.39 is 5.97 Å². The summed E-state index contributed by atoms with van der Waals surface area (Å²) in [6.07, 6.45) is 0. The molecule has 0 unspecified atom stereocenters. The normalized spacial score (nSPS) is 10.4. The monoisotopic (exact) mass is 509 g/mol. The number of amides is 1. The van der Waals surface area contributed by atoms with Crippen molar-refractivity contribution in [3.8, 4) is 28.8 Å². The van der Waals surface area contributed by atoms with Gasteiger partial charge in [0.2, 0.25) is 0 Å². The first-order chi connectivity index (χ1) is 18.4. The summed E-state index contributed by atoms with van der Waals surface area (Å²) < 4.78 is 17.9. The van der Waals surface area contributed by atoms with Crippen LogP contribution in [0.2, 0.25) is 0 Å². The summed E-state index contributed by atoms with van der Waals surface area (Å²) in [5, 5.41) is 12.4. The average Bonchev–Trinajstić information content (AvgIpc) is 3.25. The SMILES string of the molecule is COC(=O)c1cc(C#N)c(OC)cc1-c1cc(C(=O)Nc2ccc(OCc3ccccc3)cc2)c(C)n1C. The zero-order chi connectivity index (χ0) is 27.2. The van der Waals surface area contributed by atoms with Crippen molar-refractivity contribution in [1.82, 2.24) is 4.57 Å². The number of hydrogen-bond donors (Lipinski definition) is 1. The van der Waals surface area contributed by atoms with Crippen LogP contribution in [0.3, 0.4) is 0 Å². The van der Waals surface area contributed by atoms with Crippen molar-refractivity contribution in [3.63, 3.8) is 0 Å². The van der Waals surface area contributed by atoms with Crippen LogP contribution < -0.4 is 14.8 Å². The molecule has 0 aliphatic heterocycles.